The van der Waals surface area contributed by atoms with Crippen molar-refractivity contribution in [3.05, 3.63) is 58.1 Å². The minimum absolute atomic E-state index is 0.0491. The maximum absolute atomic E-state index is 13.6. The number of amides is 1. The van der Waals surface area contributed by atoms with Crippen LogP contribution in [0.15, 0.2) is 47.4 Å². The highest BCUT2D eigenvalue weighted by molar-refractivity contribution is 7.89. The fourth-order valence-corrected chi connectivity index (χ4v) is 6.56. The summed E-state index contributed by atoms with van der Waals surface area (Å²) in [5.74, 6) is 0.774. The van der Waals surface area contributed by atoms with Gasteiger partial charge in [0, 0.05) is 13.1 Å². The van der Waals surface area contributed by atoms with Crippen molar-refractivity contribution in [3.63, 3.8) is 0 Å². The number of carbonyl (C=O) groups excluding carboxylic acids is 1. The Morgan fingerprint density at radius 1 is 1.20 bits per heavy atom. The van der Waals surface area contributed by atoms with Crippen molar-refractivity contribution in [3.8, 4) is 0 Å². The first-order valence-corrected chi connectivity index (χ1v) is 14.5. The largest absolute Gasteiger partial charge is 0.396 e. The van der Waals surface area contributed by atoms with E-state index in [2.05, 4.69) is 18.6 Å². The van der Waals surface area contributed by atoms with Crippen LogP contribution in [0, 0.1) is 11.8 Å². The lowest BCUT2D eigenvalue weighted by molar-refractivity contribution is -0.135. The number of carbonyl (C=O) groups is 1. The smallest absolute Gasteiger partial charge is 0.241 e. The zero-order valence-corrected chi connectivity index (χ0v) is 22.7. The van der Waals surface area contributed by atoms with Gasteiger partial charge in [-0.3, -0.25) is 4.79 Å². The van der Waals surface area contributed by atoms with Gasteiger partial charge in [-0.2, -0.15) is 4.72 Å². The highest BCUT2D eigenvalue weighted by atomic mass is 35.5. The number of anilines is 1. The van der Waals surface area contributed by atoms with E-state index in [0.717, 1.165) is 18.4 Å². The molecule has 1 saturated heterocycles. The predicted octanol–water partition coefficient (Wildman–Crippen LogP) is 5.53. The lowest BCUT2D eigenvalue weighted by Crippen LogP contribution is -2.52. The van der Waals surface area contributed by atoms with Crippen LogP contribution in [0.25, 0.3) is 0 Å². The normalized spacial score (nSPS) is 19.5. The number of likely N-dealkylation sites (tertiary alicyclic amines) is 1. The van der Waals surface area contributed by atoms with E-state index in [1.807, 2.05) is 35.2 Å². The Morgan fingerprint density at radius 2 is 1.86 bits per heavy atom. The van der Waals surface area contributed by atoms with Crippen molar-refractivity contribution in [2.45, 2.75) is 63.3 Å². The Bertz CT molecular complexity index is 1090. The number of aryl methyl sites for hydroxylation is 1. The van der Waals surface area contributed by atoms with E-state index in [0.29, 0.717) is 37.8 Å². The van der Waals surface area contributed by atoms with Gasteiger partial charge in [0.2, 0.25) is 15.9 Å². The summed E-state index contributed by atoms with van der Waals surface area (Å²) >= 11 is 12.2. The van der Waals surface area contributed by atoms with Crippen molar-refractivity contribution in [1.82, 2.24) is 9.62 Å². The van der Waals surface area contributed by atoms with Gasteiger partial charge in [0.05, 0.1) is 20.6 Å². The van der Waals surface area contributed by atoms with Crippen molar-refractivity contribution in [2.75, 3.05) is 18.8 Å². The molecular weight excluding hydrogens is 505 g/mol. The van der Waals surface area contributed by atoms with Crippen molar-refractivity contribution in [1.29, 1.82) is 0 Å². The first-order chi connectivity index (χ1) is 16.6. The number of hydrogen-bond acceptors (Lipinski definition) is 4. The van der Waals surface area contributed by atoms with Crippen molar-refractivity contribution >= 4 is 44.8 Å². The molecule has 1 heterocycles. The quantitative estimate of drug-likeness (QED) is 0.388. The highest BCUT2D eigenvalue weighted by Gasteiger charge is 2.34. The second-order valence-corrected chi connectivity index (χ2v) is 12.0. The number of benzene rings is 2. The van der Waals surface area contributed by atoms with E-state index in [1.165, 1.54) is 25.0 Å². The van der Waals surface area contributed by atoms with Gasteiger partial charge in [-0.25, -0.2) is 8.42 Å². The van der Waals surface area contributed by atoms with Gasteiger partial charge in [-0.15, -0.1) is 0 Å². The molecule has 1 amide bonds. The molecule has 2 unspecified atom stereocenters. The molecule has 2 aromatic rings. The second kappa shape index (κ2) is 12.4. The lowest BCUT2D eigenvalue weighted by atomic mass is 9.83. The Hall–Kier alpha value is -1.80. The van der Waals surface area contributed by atoms with E-state index in [9.17, 15) is 13.2 Å². The molecule has 3 N–H and O–H groups in total. The Balaban J connectivity index is 1.80. The van der Waals surface area contributed by atoms with Crippen LogP contribution in [-0.2, 0) is 21.2 Å². The molecule has 2 aromatic carbocycles. The summed E-state index contributed by atoms with van der Waals surface area (Å²) in [5.41, 5.74) is 6.92. The van der Waals surface area contributed by atoms with Gasteiger partial charge in [-0.1, -0.05) is 86.6 Å². The molecular formula is C26H35Cl2N3O3S. The Kier molecular flexibility index (Phi) is 9.87. The lowest BCUT2D eigenvalue weighted by Gasteiger charge is -2.38. The van der Waals surface area contributed by atoms with E-state index in [4.69, 9.17) is 28.9 Å². The van der Waals surface area contributed by atoms with E-state index in [1.54, 1.807) is 0 Å². The average Bonchev–Trinajstić information content (AvgIpc) is 2.84. The molecule has 0 saturated carbocycles. The zero-order chi connectivity index (χ0) is 25.6. The van der Waals surface area contributed by atoms with Gasteiger partial charge in [0.1, 0.15) is 6.04 Å². The van der Waals surface area contributed by atoms with Crippen LogP contribution in [0.5, 0.6) is 0 Å². The monoisotopic (exact) mass is 539 g/mol. The molecule has 6 nitrogen and oxygen atoms in total. The molecule has 192 valence electrons. The molecule has 0 aromatic heterocycles. The fourth-order valence-electron chi connectivity index (χ4n) is 4.67. The van der Waals surface area contributed by atoms with Crippen LogP contribution in [0.1, 0.15) is 51.5 Å². The third-order valence-electron chi connectivity index (χ3n) is 6.85. The van der Waals surface area contributed by atoms with E-state index < -0.39 is 16.1 Å². The van der Waals surface area contributed by atoms with Crippen LogP contribution in [0.3, 0.4) is 0 Å². The van der Waals surface area contributed by atoms with Gasteiger partial charge in [0.25, 0.3) is 0 Å². The third-order valence-corrected chi connectivity index (χ3v) is 8.92. The summed E-state index contributed by atoms with van der Waals surface area (Å²) in [5, 5.41) is 0.0982. The maximum atomic E-state index is 13.6. The number of nitrogens with two attached hydrogens (primary N) is 1. The SMILES string of the molecule is CCCCC1CCN(C(=O)[C@@H](CCc2ccccc2)NS(=O)(=O)c2cc(Cl)c(N)c(Cl)c2)CC1C. The summed E-state index contributed by atoms with van der Waals surface area (Å²) in [4.78, 5) is 15.3. The minimum atomic E-state index is -4.07. The van der Waals surface area contributed by atoms with Crippen LogP contribution in [-0.4, -0.2) is 38.4 Å². The number of rotatable bonds is 10. The average molecular weight is 541 g/mol. The minimum Gasteiger partial charge on any atom is -0.396 e. The maximum Gasteiger partial charge on any atom is 0.241 e. The number of nitrogen functional groups attached to an aromatic ring is 1. The molecule has 35 heavy (non-hydrogen) atoms. The summed E-state index contributed by atoms with van der Waals surface area (Å²) in [6, 6.07) is 11.3. The molecule has 1 fully saturated rings. The molecule has 1 aliphatic rings. The van der Waals surface area contributed by atoms with Crippen LogP contribution in [0.4, 0.5) is 5.69 Å². The fraction of sp³-hybridized carbons (Fsp3) is 0.500. The number of unbranched alkanes of at least 4 members (excludes halogenated alkanes) is 1. The summed E-state index contributed by atoms with van der Waals surface area (Å²) in [6.07, 6.45) is 5.36. The Labute approximate surface area is 219 Å². The molecule has 0 aliphatic carbocycles. The topological polar surface area (TPSA) is 92.5 Å². The first kappa shape index (κ1) is 27.8. The third kappa shape index (κ3) is 7.35. The number of nitrogens with one attached hydrogen (secondary N) is 1. The van der Waals surface area contributed by atoms with Gasteiger partial charge in [-0.05, 0) is 48.8 Å². The van der Waals surface area contributed by atoms with Gasteiger partial charge in [0.15, 0.2) is 0 Å². The molecule has 1 aliphatic heterocycles. The summed E-state index contributed by atoms with van der Waals surface area (Å²) in [7, 11) is -4.07. The number of sulfonamides is 1. The standard InChI is InChI=1S/C26H35Cl2N3O3S/c1-3-4-10-20-13-14-31(17-18(20)2)26(32)24(12-11-19-8-6-5-7-9-19)30-35(33,34)21-15-22(27)25(29)23(28)16-21/h5-9,15-16,18,20,24,30H,3-4,10-14,17,29H2,1-2H3/t18?,20?,24-/m1/s1. The number of hydrogen-bond donors (Lipinski definition) is 2. The second-order valence-electron chi connectivity index (χ2n) is 9.45. The van der Waals surface area contributed by atoms with Crippen molar-refractivity contribution < 1.29 is 13.2 Å². The molecule has 0 spiro atoms. The summed E-state index contributed by atoms with van der Waals surface area (Å²) in [6.45, 7) is 5.65. The predicted molar refractivity (Wildman–Crippen MR) is 143 cm³/mol. The highest BCUT2D eigenvalue weighted by Crippen LogP contribution is 2.31. The number of nitrogens with zero attached hydrogens (tertiary/aromatic N) is 1. The molecule has 3 atom stereocenters. The molecule has 0 radical (unpaired) electrons. The molecule has 0 bridgehead atoms. The van der Waals surface area contributed by atoms with Crippen LogP contribution in [0.2, 0.25) is 10.0 Å². The van der Waals surface area contributed by atoms with E-state index in [-0.39, 0.29) is 26.5 Å². The molecule has 3 rings (SSSR count). The summed E-state index contributed by atoms with van der Waals surface area (Å²) < 4.78 is 29.1. The van der Waals surface area contributed by atoms with Crippen LogP contribution >= 0.6 is 23.2 Å². The Morgan fingerprint density at radius 3 is 2.46 bits per heavy atom. The van der Waals surface area contributed by atoms with E-state index >= 15 is 0 Å². The van der Waals surface area contributed by atoms with Gasteiger partial charge < -0.3 is 10.6 Å². The number of piperidine rings is 1. The molecule has 9 heteroatoms. The van der Waals surface area contributed by atoms with Gasteiger partial charge >= 0.3 is 0 Å². The zero-order valence-electron chi connectivity index (χ0n) is 20.3. The first-order valence-electron chi connectivity index (χ1n) is 12.2. The van der Waals surface area contributed by atoms with Crippen molar-refractivity contribution in [2.24, 2.45) is 11.8 Å². The number of halogens is 2. The van der Waals surface area contributed by atoms with Crippen LogP contribution < -0.4 is 10.5 Å².